The Kier molecular flexibility index (Phi) is 3.04. The third kappa shape index (κ3) is 2.07. The fraction of sp³-hybridized carbons (Fsp3) is 0. The topological polar surface area (TPSA) is 60.7 Å². The quantitative estimate of drug-likeness (QED) is 0.684. The predicted molar refractivity (Wildman–Crippen MR) is 69.9 cm³/mol. The lowest BCUT2D eigenvalue weighted by Gasteiger charge is -2.00. The van der Waals surface area contributed by atoms with Crippen LogP contribution in [0.25, 0.3) is 17.2 Å². The number of aromatic nitrogens is 4. The van der Waals surface area contributed by atoms with Gasteiger partial charge in [-0.15, -0.1) is 0 Å². The highest BCUT2D eigenvalue weighted by molar-refractivity contribution is 5.85. The van der Waals surface area contributed by atoms with Crippen LogP contribution in [0, 0.1) is 5.82 Å². The minimum absolute atomic E-state index is 0.268. The summed E-state index contributed by atoms with van der Waals surface area (Å²) in [6, 6.07) is 7.83. The molecule has 0 unspecified atom stereocenters. The Morgan fingerprint density at radius 2 is 1.85 bits per heavy atom. The van der Waals surface area contributed by atoms with Crippen molar-refractivity contribution in [2.75, 3.05) is 0 Å². The average Bonchev–Trinajstić information content (AvgIpc) is 2.93. The molecule has 2 heterocycles. The molecule has 0 fully saturated rings. The summed E-state index contributed by atoms with van der Waals surface area (Å²) in [6.45, 7) is 0. The Bertz CT molecular complexity index is 755. The van der Waals surface area contributed by atoms with E-state index in [2.05, 4.69) is 15.1 Å². The normalized spacial score (nSPS) is 10.4. The van der Waals surface area contributed by atoms with E-state index in [1.54, 1.807) is 36.7 Å². The number of hydrogen-bond donors (Lipinski definition) is 0. The van der Waals surface area contributed by atoms with Crippen molar-refractivity contribution in [3.63, 3.8) is 0 Å². The largest absolute Gasteiger partial charge is 0.298 e. The maximum Gasteiger partial charge on any atom is 0.250 e. The smallest absolute Gasteiger partial charge is 0.250 e. The van der Waals surface area contributed by atoms with Crippen LogP contribution >= 0.6 is 0 Å². The summed E-state index contributed by atoms with van der Waals surface area (Å²) >= 11 is 0. The second kappa shape index (κ2) is 5.00. The molecule has 2 aromatic heterocycles. The Morgan fingerprint density at radius 3 is 2.55 bits per heavy atom. The summed E-state index contributed by atoms with van der Waals surface area (Å²) in [5.41, 5.74) is 0.817. The molecule has 0 amide bonds. The number of rotatable bonds is 3. The Balaban J connectivity index is 2.16. The van der Waals surface area contributed by atoms with Gasteiger partial charge < -0.3 is 0 Å². The van der Waals surface area contributed by atoms with E-state index >= 15 is 0 Å². The van der Waals surface area contributed by atoms with Crippen molar-refractivity contribution in [1.29, 1.82) is 0 Å². The first-order valence-corrected chi connectivity index (χ1v) is 5.87. The van der Waals surface area contributed by atoms with Gasteiger partial charge in [0, 0.05) is 24.2 Å². The van der Waals surface area contributed by atoms with Crippen LogP contribution in [0.4, 0.5) is 4.39 Å². The van der Waals surface area contributed by atoms with Gasteiger partial charge in [0.1, 0.15) is 11.5 Å². The zero-order valence-corrected chi connectivity index (χ0v) is 10.3. The zero-order valence-electron chi connectivity index (χ0n) is 10.3. The van der Waals surface area contributed by atoms with E-state index in [4.69, 9.17) is 0 Å². The van der Waals surface area contributed by atoms with Gasteiger partial charge in [-0.05, 0) is 18.2 Å². The summed E-state index contributed by atoms with van der Waals surface area (Å²) in [5.74, 6) is -0.118. The van der Waals surface area contributed by atoms with Gasteiger partial charge in [-0.3, -0.25) is 4.79 Å². The first-order chi connectivity index (χ1) is 9.79. The fourth-order valence-corrected chi connectivity index (χ4v) is 1.85. The number of carbonyl (C=O) groups excluding carboxylic acids is 1. The first-order valence-electron chi connectivity index (χ1n) is 5.87. The molecule has 0 aliphatic carbocycles. The second-order valence-electron chi connectivity index (χ2n) is 4.02. The number of carbonyl (C=O) groups is 1. The van der Waals surface area contributed by atoms with E-state index in [1.165, 1.54) is 16.9 Å². The van der Waals surface area contributed by atoms with Crippen molar-refractivity contribution in [1.82, 2.24) is 19.7 Å². The number of halogens is 1. The Labute approximate surface area is 113 Å². The van der Waals surface area contributed by atoms with E-state index in [-0.39, 0.29) is 16.8 Å². The highest BCUT2D eigenvalue weighted by atomic mass is 19.1. The van der Waals surface area contributed by atoms with Crippen LogP contribution in [0.1, 0.15) is 10.4 Å². The number of nitrogens with zero attached hydrogens (tertiary/aromatic N) is 4. The SMILES string of the molecule is O=Cc1cn(-c2ncccn2)nc1-c1ccccc1F. The third-order valence-corrected chi connectivity index (χ3v) is 2.76. The van der Waals surface area contributed by atoms with E-state index < -0.39 is 5.82 Å². The van der Waals surface area contributed by atoms with Gasteiger partial charge in [0.25, 0.3) is 0 Å². The monoisotopic (exact) mass is 268 g/mol. The lowest BCUT2D eigenvalue weighted by Crippen LogP contribution is -2.00. The van der Waals surface area contributed by atoms with Crippen LogP contribution in [0.5, 0.6) is 0 Å². The summed E-state index contributed by atoms with van der Waals surface area (Å²) in [5, 5.41) is 4.20. The summed E-state index contributed by atoms with van der Waals surface area (Å²) < 4.78 is 15.2. The molecule has 0 saturated heterocycles. The minimum Gasteiger partial charge on any atom is -0.298 e. The fourth-order valence-electron chi connectivity index (χ4n) is 1.85. The molecule has 0 saturated carbocycles. The molecule has 20 heavy (non-hydrogen) atoms. The molecule has 0 radical (unpaired) electrons. The van der Waals surface area contributed by atoms with Gasteiger partial charge in [-0.1, -0.05) is 12.1 Å². The second-order valence-corrected chi connectivity index (χ2v) is 4.02. The third-order valence-electron chi connectivity index (χ3n) is 2.76. The maximum absolute atomic E-state index is 13.8. The van der Waals surface area contributed by atoms with Crippen LogP contribution in [-0.2, 0) is 0 Å². The molecular formula is C14H9FN4O. The maximum atomic E-state index is 13.8. The van der Waals surface area contributed by atoms with E-state index in [0.717, 1.165) is 0 Å². The van der Waals surface area contributed by atoms with Crippen LogP contribution in [0.2, 0.25) is 0 Å². The first kappa shape index (κ1) is 12.2. The van der Waals surface area contributed by atoms with Crippen LogP contribution in [0.15, 0.2) is 48.9 Å². The van der Waals surface area contributed by atoms with E-state index in [9.17, 15) is 9.18 Å². The summed E-state index contributed by atoms with van der Waals surface area (Å²) in [6.07, 6.45) is 5.24. The molecule has 3 aromatic rings. The molecule has 0 N–H and O–H groups in total. The van der Waals surface area contributed by atoms with Crippen molar-refractivity contribution in [2.24, 2.45) is 0 Å². The minimum atomic E-state index is -0.435. The lowest BCUT2D eigenvalue weighted by molar-refractivity contribution is 0.112. The number of benzene rings is 1. The van der Waals surface area contributed by atoms with Crippen LogP contribution < -0.4 is 0 Å². The molecule has 0 spiro atoms. The number of aldehydes is 1. The van der Waals surface area contributed by atoms with E-state index in [0.29, 0.717) is 12.2 Å². The molecule has 3 rings (SSSR count). The highest BCUT2D eigenvalue weighted by Crippen LogP contribution is 2.24. The van der Waals surface area contributed by atoms with Gasteiger partial charge in [0.2, 0.25) is 5.95 Å². The molecule has 98 valence electrons. The molecule has 5 nitrogen and oxygen atoms in total. The molecular weight excluding hydrogens is 259 g/mol. The molecule has 1 aromatic carbocycles. The number of hydrogen-bond acceptors (Lipinski definition) is 4. The van der Waals surface area contributed by atoms with Gasteiger partial charge in [-0.25, -0.2) is 19.0 Å². The lowest BCUT2D eigenvalue weighted by atomic mass is 10.1. The zero-order chi connectivity index (χ0) is 13.9. The standard InChI is InChI=1S/C14H9FN4O/c15-12-5-2-1-4-11(12)13-10(9-20)8-19(18-13)14-16-6-3-7-17-14/h1-9H. The van der Waals surface area contributed by atoms with Gasteiger partial charge in [0.15, 0.2) is 6.29 Å². The van der Waals surface area contributed by atoms with Gasteiger partial charge in [-0.2, -0.15) is 5.10 Å². The van der Waals surface area contributed by atoms with Crippen molar-refractivity contribution >= 4 is 6.29 Å². The average molecular weight is 268 g/mol. The molecule has 6 heteroatoms. The van der Waals surface area contributed by atoms with E-state index in [1.807, 2.05) is 0 Å². The molecule has 0 bridgehead atoms. The highest BCUT2D eigenvalue weighted by Gasteiger charge is 2.15. The summed E-state index contributed by atoms with van der Waals surface area (Å²) in [4.78, 5) is 19.2. The van der Waals surface area contributed by atoms with Crippen molar-refractivity contribution in [2.45, 2.75) is 0 Å². The van der Waals surface area contributed by atoms with Crippen molar-refractivity contribution in [3.05, 3.63) is 60.3 Å². The Morgan fingerprint density at radius 1 is 1.10 bits per heavy atom. The van der Waals surface area contributed by atoms with Crippen molar-refractivity contribution < 1.29 is 9.18 Å². The van der Waals surface area contributed by atoms with Crippen molar-refractivity contribution in [3.8, 4) is 17.2 Å². The molecule has 0 atom stereocenters. The van der Waals surface area contributed by atoms with Gasteiger partial charge >= 0.3 is 0 Å². The molecule has 0 aliphatic heterocycles. The predicted octanol–water partition coefficient (Wildman–Crippen LogP) is 2.28. The van der Waals surface area contributed by atoms with Crippen LogP contribution in [0.3, 0.4) is 0 Å². The Hall–Kier alpha value is -2.89. The molecule has 0 aliphatic rings. The van der Waals surface area contributed by atoms with Gasteiger partial charge in [0.05, 0.1) is 5.56 Å². The van der Waals surface area contributed by atoms with Crippen LogP contribution in [-0.4, -0.2) is 26.0 Å². The summed E-state index contributed by atoms with van der Waals surface area (Å²) in [7, 11) is 0.